The van der Waals surface area contributed by atoms with Gasteiger partial charge in [-0.15, -0.1) is 0 Å². The van der Waals surface area contributed by atoms with E-state index in [2.05, 4.69) is 11.9 Å². The van der Waals surface area contributed by atoms with E-state index in [4.69, 9.17) is 11.6 Å². The van der Waals surface area contributed by atoms with E-state index in [1.807, 2.05) is 30.3 Å². The van der Waals surface area contributed by atoms with Crippen LogP contribution in [-0.4, -0.2) is 16.8 Å². The number of amides is 1. The van der Waals surface area contributed by atoms with Crippen molar-refractivity contribution in [2.45, 2.75) is 13.3 Å². The van der Waals surface area contributed by atoms with Crippen LogP contribution in [0.15, 0.2) is 59.2 Å². The first-order chi connectivity index (χ1) is 12.1. The van der Waals surface area contributed by atoms with Gasteiger partial charge in [0.05, 0.1) is 10.7 Å². The predicted molar refractivity (Wildman–Crippen MR) is 103 cm³/mol. The summed E-state index contributed by atoms with van der Waals surface area (Å²) in [7, 11) is 0. The zero-order valence-electron chi connectivity index (χ0n) is 13.6. The Labute approximate surface area is 155 Å². The molecule has 3 nitrogen and oxygen atoms in total. The van der Waals surface area contributed by atoms with Crippen molar-refractivity contribution in [1.29, 1.82) is 0 Å². The number of nitrogens with zero attached hydrogens (tertiary/aromatic N) is 2. The fourth-order valence-electron chi connectivity index (χ4n) is 2.35. The minimum absolute atomic E-state index is 0.0226. The molecular formula is C19H16ClFN2OS. The van der Waals surface area contributed by atoms with Gasteiger partial charge in [-0.25, -0.2) is 9.38 Å². The Morgan fingerprint density at radius 1 is 1.24 bits per heavy atom. The van der Waals surface area contributed by atoms with E-state index in [0.29, 0.717) is 16.6 Å². The molecule has 0 N–H and O–H groups in total. The molecule has 0 saturated carbocycles. The van der Waals surface area contributed by atoms with Gasteiger partial charge in [-0.3, -0.25) is 9.69 Å². The maximum atomic E-state index is 13.5. The highest BCUT2D eigenvalue weighted by Crippen LogP contribution is 2.31. The number of benzene rings is 2. The van der Waals surface area contributed by atoms with Crippen LogP contribution in [0.25, 0.3) is 6.08 Å². The van der Waals surface area contributed by atoms with Gasteiger partial charge in [0, 0.05) is 5.75 Å². The number of carbonyl (C=O) groups is 1. The molecule has 0 fully saturated rings. The van der Waals surface area contributed by atoms with E-state index in [0.717, 1.165) is 17.7 Å². The summed E-state index contributed by atoms with van der Waals surface area (Å²) in [6.45, 7) is 2.06. The number of aliphatic imine (C=N–C) groups is 1. The van der Waals surface area contributed by atoms with E-state index < -0.39 is 5.82 Å². The SMILES string of the molecule is CCCSC1=NC(=Cc2ccccc2)C(=O)N1c1ccc(F)c(Cl)c1. The Morgan fingerprint density at radius 3 is 2.68 bits per heavy atom. The molecule has 2 aromatic rings. The van der Waals surface area contributed by atoms with Gasteiger partial charge in [-0.1, -0.05) is 60.6 Å². The number of hydrogen-bond donors (Lipinski definition) is 0. The second-order valence-electron chi connectivity index (χ2n) is 5.42. The van der Waals surface area contributed by atoms with Gasteiger partial charge in [-0.05, 0) is 36.3 Å². The normalized spacial score (nSPS) is 15.8. The molecule has 0 bridgehead atoms. The third kappa shape index (κ3) is 3.94. The molecule has 3 rings (SSSR count). The molecule has 1 heterocycles. The van der Waals surface area contributed by atoms with Crippen molar-refractivity contribution in [2.75, 3.05) is 10.7 Å². The predicted octanol–water partition coefficient (Wildman–Crippen LogP) is 5.37. The van der Waals surface area contributed by atoms with E-state index in [1.54, 1.807) is 6.08 Å². The fourth-order valence-corrected chi connectivity index (χ4v) is 3.39. The molecule has 0 aromatic heterocycles. The smallest absolute Gasteiger partial charge is 0.266 e. The molecule has 25 heavy (non-hydrogen) atoms. The van der Waals surface area contributed by atoms with Crippen molar-refractivity contribution in [3.8, 4) is 0 Å². The fraction of sp³-hybridized carbons (Fsp3) is 0.158. The van der Waals surface area contributed by atoms with E-state index >= 15 is 0 Å². The number of thioether (sulfide) groups is 1. The topological polar surface area (TPSA) is 32.7 Å². The maximum absolute atomic E-state index is 13.5. The van der Waals surface area contributed by atoms with Crippen molar-refractivity contribution in [2.24, 2.45) is 4.99 Å². The minimum Gasteiger partial charge on any atom is -0.266 e. The lowest BCUT2D eigenvalue weighted by atomic mass is 10.2. The van der Waals surface area contributed by atoms with Crippen LogP contribution in [0.4, 0.5) is 10.1 Å². The summed E-state index contributed by atoms with van der Waals surface area (Å²) in [5.74, 6) is 0.0674. The quantitative estimate of drug-likeness (QED) is 0.674. The number of carbonyl (C=O) groups excluding carboxylic acids is 1. The van der Waals surface area contributed by atoms with Gasteiger partial charge < -0.3 is 0 Å². The van der Waals surface area contributed by atoms with Crippen LogP contribution in [0.3, 0.4) is 0 Å². The summed E-state index contributed by atoms with van der Waals surface area (Å²) in [5.41, 5.74) is 1.76. The molecule has 1 aliphatic rings. The van der Waals surface area contributed by atoms with Crippen LogP contribution in [0.2, 0.25) is 5.02 Å². The number of amidine groups is 1. The second kappa shape index (κ2) is 7.85. The largest absolute Gasteiger partial charge is 0.283 e. The third-order valence-electron chi connectivity index (χ3n) is 3.53. The Hall–Kier alpha value is -2.11. The van der Waals surface area contributed by atoms with Crippen molar-refractivity contribution >= 4 is 46.2 Å². The van der Waals surface area contributed by atoms with E-state index in [-0.39, 0.29) is 10.9 Å². The highest BCUT2D eigenvalue weighted by atomic mass is 35.5. The highest BCUT2D eigenvalue weighted by Gasteiger charge is 2.32. The number of rotatable bonds is 4. The molecule has 0 unspecified atom stereocenters. The van der Waals surface area contributed by atoms with Crippen LogP contribution in [0.1, 0.15) is 18.9 Å². The zero-order valence-corrected chi connectivity index (χ0v) is 15.1. The summed E-state index contributed by atoms with van der Waals surface area (Å²) in [6, 6.07) is 13.8. The zero-order chi connectivity index (χ0) is 17.8. The second-order valence-corrected chi connectivity index (χ2v) is 6.89. The monoisotopic (exact) mass is 374 g/mol. The standard InChI is InChI=1S/C19H16ClFN2OS/c1-2-10-25-19-22-17(11-13-6-4-3-5-7-13)18(24)23(19)14-8-9-16(21)15(20)12-14/h3-9,11-12H,2,10H2,1H3. The third-order valence-corrected chi connectivity index (χ3v) is 4.96. The van der Waals surface area contributed by atoms with Gasteiger partial charge in [0.1, 0.15) is 11.5 Å². The van der Waals surface area contributed by atoms with Gasteiger partial charge in [0.15, 0.2) is 5.17 Å². The van der Waals surface area contributed by atoms with E-state index in [9.17, 15) is 9.18 Å². The average Bonchev–Trinajstić information content (AvgIpc) is 2.92. The first-order valence-electron chi connectivity index (χ1n) is 7.88. The first kappa shape index (κ1) is 17.7. The first-order valence-corrected chi connectivity index (χ1v) is 9.24. The summed E-state index contributed by atoms with van der Waals surface area (Å²) in [5, 5.41) is 0.558. The lowest BCUT2D eigenvalue weighted by molar-refractivity contribution is -0.113. The minimum atomic E-state index is -0.517. The molecule has 128 valence electrons. The molecule has 0 saturated heterocycles. The van der Waals surface area contributed by atoms with Crippen LogP contribution in [0.5, 0.6) is 0 Å². The molecule has 6 heteroatoms. The molecule has 1 aliphatic heterocycles. The van der Waals surface area contributed by atoms with E-state index in [1.165, 1.54) is 34.9 Å². The molecule has 0 aliphatic carbocycles. The van der Waals surface area contributed by atoms with Gasteiger partial charge in [0.25, 0.3) is 5.91 Å². The summed E-state index contributed by atoms with van der Waals surface area (Å²) < 4.78 is 13.5. The molecule has 0 atom stereocenters. The Kier molecular flexibility index (Phi) is 5.56. The van der Waals surface area contributed by atoms with Gasteiger partial charge in [0.2, 0.25) is 0 Å². The maximum Gasteiger partial charge on any atom is 0.283 e. The Morgan fingerprint density at radius 2 is 2.00 bits per heavy atom. The Bertz CT molecular complexity index is 852. The number of hydrogen-bond acceptors (Lipinski definition) is 3. The highest BCUT2D eigenvalue weighted by molar-refractivity contribution is 8.14. The summed E-state index contributed by atoms with van der Waals surface area (Å²) in [6.07, 6.45) is 2.70. The summed E-state index contributed by atoms with van der Waals surface area (Å²) in [4.78, 5) is 18.9. The number of anilines is 1. The van der Waals surface area contributed by atoms with Crippen LogP contribution >= 0.6 is 23.4 Å². The summed E-state index contributed by atoms with van der Waals surface area (Å²) >= 11 is 7.38. The molecular weight excluding hydrogens is 359 g/mol. The van der Waals surface area contributed by atoms with Crippen molar-refractivity contribution < 1.29 is 9.18 Å². The van der Waals surface area contributed by atoms with Crippen LogP contribution in [0, 0.1) is 5.82 Å². The molecule has 0 spiro atoms. The average molecular weight is 375 g/mol. The van der Waals surface area contributed by atoms with Crippen molar-refractivity contribution in [3.63, 3.8) is 0 Å². The van der Waals surface area contributed by atoms with Gasteiger partial charge >= 0.3 is 0 Å². The molecule has 2 aromatic carbocycles. The van der Waals surface area contributed by atoms with Crippen molar-refractivity contribution in [1.82, 2.24) is 0 Å². The van der Waals surface area contributed by atoms with Crippen LogP contribution in [-0.2, 0) is 4.79 Å². The van der Waals surface area contributed by atoms with Crippen molar-refractivity contribution in [3.05, 3.63) is 70.6 Å². The molecule has 1 amide bonds. The lowest BCUT2D eigenvalue weighted by Gasteiger charge is -2.18. The molecule has 0 radical (unpaired) electrons. The lowest BCUT2D eigenvalue weighted by Crippen LogP contribution is -2.30. The van der Waals surface area contributed by atoms with Crippen LogP contribution < -0.4 is 4.90 Å². The number of halogens is 2. The Balaban J connectivity index is 1.99. The van der Waals surface area contributed by atoms with Gasteiger partial charge in [-0.2, -0.15) is 0 Å².